The Morgan fingerprint density at radius 3 is 2.39 bits per heavy atom. The van der Waals surface area contributed by atoms with Crippen LogP contribution in [0.5, 0.6) is 5.75 Å². The molecule has 2 N–H and O–H groups in total. The summed E-state index contributed by atoms with van der Waals surface area (Å²) in [7, 11) is 0. The van der Waals surface area contributed by atoms with Gasteiger partial charge >= 0.3 is 0 Å². The molecule has 31 heavy (non-hydrogen) atoms. The Labute approximate surface area is 181 Å². The largest absolute Gasteiger partial charge is 0.493 e. The summed E-state index contributed by atoms with van der Waals surface area (Å²) in [6.07, 6.45) is 3.17. The highest BCUT2D eigenvalue weighted by molar-refractivity contribution is 6.05. The van der Waals surface area contributed by atoms with Crippen LogP contribution in [0.3, 0.4) is 0 Å². The molecule has 6 heteroatoms. The highest BCUT2D eigenvalue weighted by Crippen LogP contribution is 2.14. The molecular weight excluding hydrogens is 392 g/mol. The average molecular weight is 418 g/mol. The van der Waals surface area contributed by atoms with Crippen molar-refractivity contribution in [3.05, 3.63) is 95.6 Å². The number of carbonyl (C=O) groups is 2. The number of amides is 2. The average Bonchev–Trinajstić information content (AvgIpc) is 3.30. The van der Waals surface area contributed by atoms with E-state index in [4.69, 9.17) is 9.15 Å². The molecule has 2 aromatic carbocycles. The number of ether oxygens (including phenoxy) is 1. The first kappa shape index (κ1) is 21.9. The van der Waals surface area contributed by atoms with Gasteiger partial charge in [-0.3, -0.25) is 9.59 Å². The van der Waals surface area contributed by atoms with Crippen LogP contribution in [0.4, 0.5) is 0 Å². The maximum atomic E-state index is 12.8. The molecule has 0 aliphatic heterocycles. The Morgan fingerprint density at radius 2 is 1.74 bits per heavy atom. The van der Waals surface area contributed by atoms with Gasteiger partial charge in [-0.15, -0.1) is 0 Å². The number of hydrogen-bond donors (Lipinski definition) is 2. The molecule has 0 atom stereocenters. The molecule has 3 rings (SSSR count). The van der Waals surface area contributed by atoms with E-state index in [1.54, 1.807) is 48.7 Å². The van der Waals surface area contributed by atoms with E-state index in [9.17, 15) is 9.59 Å². The van der Waals surface area contributed by atoms with E-state index in [0.29, 0.717) is 29.6 Å². The van der Waals surface area contributed by atoms with E-state index in [2.05, 4.69) is 24.5 Å². The number of benzene rings is 2. The van der Waals surface area contributed by atoms with Crippen molar-refractivity contribution >= 4 is 17.9 Å². The molecule has 0 unspecified atom stereocenters. The van der Waals surface area contributed by atoms with Crippen LogP contribution in [0, 0.1) is 5.92 Å². The van der Waals surface area contributed by atoms with E-state index < -0.39 is 5.91 Å². The predicted octanol–water partition coefficient (Wildman–Crippen LogP) is 4.40. The summed E-state index contributed by atoms with van der Waals surface area (Å²) in [5.74, 6) is 0.932. The minimum Gasteiger partial charge on any atom is -0.493 e. The number of furan rings is 1. The Morgan fingerprint density at radius 1 is 1.00 bits per heavy atom. The van der Waals surface area contributed by atoms with Gasteiger partial charge in [0.15, 0.2) is 0 Å². The van der Waals surface area contributed by atoms with Gasteiger partial charge in [-0.2, -0.15) is 0 Å². The molecule has 0 aliphatic carbocycles. The third-order valence-corrected chi connectivity index (χ3v) is 4.31. The minimum atomic E-state index is -0.412. The van der Waals surface area contributed by atoms with Crippen molar-refractivity contribution in [2.45, 2.75) is 20.4 Å². The van der Waals surface area contributed by atoms with Gasteiger partial charge in [0.1, 0.15) is 17.2 Å². The monoisotopic (exact) mass is 418 g/mol. The smallest absolute Gasteiger partial charge is 0.268 e. The highest BCUT2D eigenvalue weighted by atomic mass is 16.5. The lowest BCUT2D eigenvalue weighted by Gasteiger charge is -2.12. The van der Waals surface area contributed by atoms with Crippen LogP contribution >= 0.6 is 0 Å². The van der Waals surface area contributed by atoms with E-state index in [1.807, 2.05) is 30.3 Å². The van der Waals surface area contributed by atoms with Crippen molar-refractivity contribution in [2.24, 2.45) is 5.92 Å². The molecule has 0 saturated carbocycles. The molecule has 2 amide bonds. The number of carbonyl (C=O) groups excluding carboxylic acids is 2. The molecule has 0 spiro atoms. The zero-order valence-electron chi connectivity index (χ0n) is 17.6. The SMILES string of the molecule is CC(C)COc1ccc(C(=O)N/C(=C\c2ccccc2)C(=O)NCc2ccco2)cc1. The summed E-state index contributed by atoms with van der Waals surface area (Å²) >= 11 is 0. The van der Waals surface area contributed by atoms with Crippen molar-refractivity contribution in [1.82, 2.24) is 10.6 Å². The molecule has 0 saturated heterocycles. The van der Waals surface area contributed by atoms with Crippen molar-refractivity contribution in [3.8, 4) is 5.75 Å². The fraction of sp³-hybridized carbons (Fsp3) is 0.200. The molecule has 3 aromatic rings. The van der Waals surface area contributed by atoms with E-state index in [1.165, 1.54) is 0 Å². The number of nitrogens with one attached hydrogen (secondary N) is 2. The summed E-state index contributed by atoms with van der Waals surface area (Å²) in [6.45, 7) is 4.96. The van der Waals surface area contributed by atoms with Crippen LogP contribution < -0.4 is 15.4 Å². The zero-order valence-corrected chi connectivity index (χ0v) is 17.6. The van der Waals surface area contributed by atoms with Crippen LogP contribution in [-0.4, -0.2) is 18.4 Å². The summed E-state index contributed by atoms with van der Waals surface area (Å²) < 4.78 is 10.9. The summed E-state index contributed by atoms with van der Waals surface area (Å²) in [5, 5.41) is 5.48. The quantitative estimate of drug-likeness (QED) is 0.505. The third kappa shape index (κ3) is 6.89. The standard InChI is InChI=1S/C25H26N2O4/c1-18(2)17-31-21-12-10-20(11-13-21)24(28)27-23(15-19-7-4-3-5-8-19)25(29)26-16-22-9-6-14-30-22/h3-15,18H,16-17H2,1-2H3,(H,26,29)(H,27,28)/b23-15-. The molecule has 1 heterocycles. The van der Waals surface area contributed by atoms with Crippen LogP contribution in [0.1, 0.15) is 35.5 Å². The van der Waals surface area contributed by atoms with Gasteiger partial charge in [0, 0.05) is 5.56 Å². The van der Waals surface area contributed by atoms with Crippen molar-refractivity contribution in [3.63, 3.8) is 0 Å². The molecule has 1 aromatic heterocycles. The lowest BCUT2D eigenvalue weighted by atomic mass is 10.1. The summed E-state index contributed by atoms with van der Waals surface area (Å²) in [5.41, 5.74) is 1.36. The van der Waals surface area contributed by atoms with Crippen molar-refractivity contribution < 1.29 is 18.7 Å². The predicted molar refractivity (Wildman–Crippen MR) is 119 cm³/mol. The van der Waals surface area contributed by atoms with E-state index in [-0.39, 0.29) is 18.1 Å². The maximum absolute atomic E-state index is 12.8. The molecule has 0 bridgehead atoms. The van der Waals surface area contributed by atoms with Crippen LogP contribution in [-0.2, 0) is 11.3 Å². The second-order valence-corrected chi connectivity index (χ2v) is 7.41. The Hall–Kier alpha value is -3.80. The second kappa shape index (κ2) is 10.8. The minimum absolute atomic E-state index is 0.142. The zero-order chi connectivity index (χ0) is 22.1. The first-order valence-electron chi connectivity index (χ1n) is 10.1. The van der Waals surface area contributed by atoms with Crippen LogP contribution in [0.25, 0.3) is 6.08 Å². The van der Waals surface area contributed by atoms with E-state index >= 15 is 0 Å². The molecule has 0 fully saturated rings. The van der Waals surface area contributed by atoms with Gasteiger partial charge in [-0.1, -0.05) is 44.2 Å². The lowest BCUT2D eigenvalue weighted by Crippen LogP contribution is -2.34. The van der Waals surface area contributed by atoms with Crippen LogP contribution in [0.15, 0.2) is 83.1 Å². The normalized spacial score (nSPS) is 11.3. The molecule has 0 radical (unpaired) electrons. The van der Waals surface area contributed by atoms with Crippen molar-refractivity contribution in [2.75, 3.05) is 6.61 Å². The van der Waals surface area contributed by atoms with Gasteiger partial charge in [0.2, 0.25) is 0 Å². The fourth-order valence-electron chi connectivity index (χ4n) is 2.71. The Kier molecular flexibility index (Phi) is 7.65. The molecule has 6 nitrogen and oxygen atoms in total. The summed E-state index contributed by atoms with van der Waals surface area (Å²) in [4.78, 5) is 25.5. The second-order valence-electron chi connectivity index (χ2n) is 7.41. The topological polar surface area (TPSA) is 80.6 Å². The van der Waals surface area contributed by atoms with Gasteiger partial charge < -0.3 is 19.8 Å². The molecule has 160 valence electrons. The number of hydrogen-bond acceptors (Lipinski definition) is 4. The maximum Gasteiger partial charge on any atom is 0.268 e. The first-order chi connectivity index (χ1) is 15.0. The fourth-order valence-corrected chi connectivity index (χ4v) is 2.71. The van der Waals surface area contributed by atoms with Gasteiger partial charge in [-0.05, 0) is 54.0 Å². The Bertz CT molecular complexity index is 1010. The molecular formula is C25H26N2O4. The van der Waals surface area contributed by atoms with Gasteiger partial charge in [0.05, 0.1) is 19.4 Å². The lowest BCUT2D eigenvalue weighted by molar-refractivity contribution is -0.118. The van der Waals surface area contributed by atoms with Crippen LogP contribution in [0.2, 0.25) is 0 Å². The van der Waals surface area contributed by atoms with Gasteiger partial charge in [0.25, 0.3) is 11.8 Å². The van der Waals surface area contributed by atoms with E-state index in [0.717, 1.165) is 5.56 Å². The Balaban J connectivity index is 1.72. The molecule has 0 aliphatic rings. The van der Waals surface area contributed by atoms with Crippen molar-refractivity contribution in [1.29, 1.82) is 0 Å². The van der Waals surface area contributed by atoms with Gasteiger partial charge in [-0.25, -0.2) is 0 Å². The number of rotatable bonds is 9. The first-order valence-corrected chi connectivity index (χ1v) is 10.1. The summed E-state index contributed by atoms with van der Waals surface area (Å²) in [6, 6.07) is 19.7. The highest BCUT2D eigenvalue weighted by Gasteiger charge is 2.15. The third-order valence-electron chi connectivity index (χ3n) is 4.31.